The van der Waals surface area contributed by atoms with E-state index < -0.39 is 17.9 Å². The van der Waals surface area contributed by atoms with Crippen LogP contribution in [0.3, 0.4) is 0 Å². The van der Waals surface area contributed by atoms with Crippen molar-refractivity contribution in [2.75, 3.05) is 13.7 Å². The third-order valence-corrected chi connectivity index (χ3v) is 3.19. The molecule has 1 aromatic carbocycles. The number of halogens is 3. The average molecular weight is 335 g/mol. The van der Waals surface area contributed by atoms with E-state index in [9.17, 15) is 13.6 Å². The number of benzene rings is 1. The maximum Gasteiger partial charge on any atom is 0.379 e. The highest BCUT2D eigenvalue weighted by molar-refractivity contribution is 5.87. The monoisotopic (exact) mass is 334 g/mol. The molecule has 0 aliphatic carbocycles. The maximum atomic E-state index is 14.0. The van der Waals surface area contributed by atoms with Gasteiger partial charge in [0, 0.05) is 22.7 Å². The molecular weight excluding hydrogens is 318 g/mol. The lowest BCUT2D eigenvalue weighted by molar-refractivity contribution is -0.174. The van der Waals surface area contributed by atoms with Crippen molar-refractivity contribution in [3.8, 4) is 5.75 Å². The van der Waals surface area contributed by atoms with E-state index in [1.807, 2.05) is 0 Å². The fourth-order valence-electron chi connectivity index (χ4n) is 2.06. The number of H-pyrrole nitrogens is 1. The summed E-state index contributed by atoms with van der Waals surface area (Å²) < 4.78 is 37.5. The molecule has 0 fully saturated rings. The van der Waals surface area contributed by atoms with Crippen LogP contribution in [0.5, 0.6) is 5.75 Å². The van der Waals surface area contributed by atoms with E-state index >= 15 is 0 Å². The minimum atomic E-state index is -3.81. The molecule has 1 heterocycles. The average Bonchev–Trinajstić information content (AvgIpc) is 2.89. The molecule has 0 spiro atoms. The fraction of sp³-hybridized carbons (Fsp3) is 0.357. The quantitative estimate of drug-likeness (QED) is 0.824. The molecule has 5 nitrogen and oxygen atoms in total. The Hall–Kier alpha value is -1.86. The number of carbonyl (C=O) groups excluding carboxylic acids is 1. The van der Waals surface area contributed by atoms with Gasteiger partial charge >= 0.3 is 11.9 Å². The van der Waals surface area contributed by atoms with Crippen molar-refractivity contribution in [3.05, 3.63) is 30.0 Å². The SMILES string of the molecule is CCOC(=O)C(F)(F)[C@@H](N)c1c[nH]c2ccc(OC)cc12.Cl. The molecule has 0 saturated carbocycles. The number of rotatable bonds is 5. The molecule has 2 aromatic rings. The van der Waals surface area contributed by atoms with Crippen LogP contribution in [0.4, 0.5) is 8.78 Å². The van der Waals surface area contributed by atoms with Crippen LogP contribution in [-0.2, 0) is 9.53 Å². The van der Waals surface area contributed by atoms with Gasteiger partial charge in [0.15, 0.2) is 0 Å². The highest BCUT2D eigenvalue weighted by Gasteiger charge is 2.48. The molecule has 0 bridgehead atoms. The van der Waals surface area contributed by atoms with Gasteiger partial charge in [-0.3, -0.25) is 0 Å². The van der Waals surface area contributed by atoms with Gasteiger partial charge in [-0.2, -0.15) is 8.78 Å². The number of aromatic nitrogens is 1. The van der Waals surface area contributed by atoms with Crippen molar-refractivity contribution in [1.29, 1.82) is 0 Å². The van der Waals surface area contributed by atoms with Crippen LogP contribution >= 0.6 is 12.4 Å². The van der Waals surface area contributed by atoms with Gasteiger partial charge in [-0.15, -0.1) is 12.4 Å². The number of nitrogens with one attached hydrogen (secondary N) is 1. The van der Waals surface area contributed by atoms with Crippen molar-refractivity contribution in [2.45, 2.75) is 18.9 Å². The minimum Gasteiger partial charge on any atom is -0.497 e. The normalized spacial score (nSPS) is 12.6. The summed E-state index contributed by atoms with van der Waals surface area (Å²) >= 11 is 0. The summed E-state index contributed by atoms with van der Waals surface area (Å²) in [5.41, 5.74) is 6.35. The number of esters is 1. The highest BCUT2D eigenvalue weighted by Crippen LogP contribution is 2.35. The van der Waals surface area contributed by atoms with Crippen molar-refractivity contribution < 1.29 is 23.0 Å². The van der Waals surface area contributed by atoms with Gasteiger partial charge in [-0.05, 0) is 25.1 Å². The lowest BCUT2D eigenvalue weighted by Gasteiger charge is -2.21. The predicted octanol–water partition coefficient (Wildman–Crippen LogP) is 2.80. The van der Waals surface area contributed by atoms with Gasteiger partial charge in [-0.1, -0.05) is 0 Å². The van der Waals surface area contributed by atoms with Crippen molar-refractivity contribution >= 4 is 29.3 Å². The van der Waals surface area contributed by atoms with E-state index in [4.69, 9.17) is 10.5 Å². The highest BCUT2D eigenvalue weighted by atomic mass is 35.5. The zero-order valence-corrected chi connectivity index (χ0v) is 12.9. The first-order valence-corrected chi connectivity index (χ1v) is 6.37. The smallest absolute Gasteiger partial charge is 0.379 e. The lowest BCUT2D eigenvalue weighted by Crippen LogP contribution is -2.41. The number of methoxy groups -OCH3 is 1. The summed E-state index contributed by atoms with van der Waals surface area (Å²) in [4.78, 5) is 14.2. The van der Waals surface area contributed by atoms with Gasteiger partial charge < -0.3 is 20.2 Å². The number of fused-ring (bicyclic) bond motifs is 1. The van der Waals surface area contributed by atoms with E-state index in [0.29, 0.717) is 16.7 Å². The van der Waals surface area contributed by atoms with E-state index in [1.165, 1.54) is 20.2 Å². The van der Waals surface area contributed by atoms with Gasteiger partial charge in [0.2, 0.25) is 0 Å². The van der Waals surface area contributed by atoms with Crippen molar-refractivity contribution in [2.24, 2.45) is 5.73 Å². The standard InChI is InChI=1S/C14H16F2N2O3.ClH/c1-3-21-13(19)14(15,16)12(17)10-7-18-11-5-4-8(20-2)6-9(10)11;/h4-7,12,18H,3,17H2,1-2H3;1H/t12-;/m0./s1. The summed E-state index contributed by atoms with van der Waals surface area (Å²) in [5.74, 6) is -4.93. The Kier molecular flexibility index (Phi) is 5.73. The number of ether oxygens (including phenoxy) is 2. The topological polar surface area (TPSA) is 77.3 Å². The van der Waals surface area contributed by atoms with E-state index in [-0.39, 0.29) is 24.6 Å². The van der Waals surface area contributed by atoms with Crippen LogP contribution in [0.1, 0.15) is 18.5 Å². The van der Waals surface area contributed by atoms with E-state index in [2.05, 4.69) is 9.72 Å². The molecule has 22 heavy (non-hydrogen) atoms. The molecule has 0 saturated heterocycles. The predicted molar refractivity (Wildman–Crippen MR) is 80.6 cm³/mol. The molecular formula is C14H17ClF2N2O3. The number of hydrogen-bond acceptors (Lipinski definition) is 4. The van der Waals surface area contributed by atoms with Gasteiger partial charge in [0.1, 0.15) is 11.8 Å². The fourth-order valence-corrected chi connectivity index (χ4v) is 2.06. The summed E-state index contributed by atoms with van der Waals surface area (Å²) in [6.07, 6.45) is 1.36. The summed E-state index contributed by atoms with van der Waals surface area (Å²) in [5, 5.41) is 0.478. The Morgan fingerprint density at radius 3 is 2.73 bits per heavy atom. The molecule has 0 amide bonds. The molecule has 0 unspecified atom stereocenters. The van der Waals surface area contributed by atoms with Crippen molar-refractivity contribution in [3.63, 3.8) is 0 Å². The first-order valence-electron chi connectivity index (χ1n) is 6.37. The number of hydrogen-bond donors (Lipinski definition) is 2. The molecule has 122 valence electrons. The molecule has 1 atom stereocenters. The number of nitrogens with two attached hydrogens (primary N) is 1. The van der Waals surface area contributed by atoms with E-state index in [0.717, 1.165) is 0 Å². The van der Waals surface area contributed by atoms with Crippen molar-refractivity contribution in [1.82, 2.24) is 4.98 Å². The first-order chi connectivity index (χ1) is 9.91. The second-order valence-corrected chi connectivity index (χ2v) is 4.48. The molecule has 3 N–H and O–H groups in total. The minimum absolute atomic E-state index is 0. The zero-order valence-electron chi connectivity index (χ0n) is 12.1. The molecule has 8 heteroatoms. The third kappa shape index (κ3) is 3.15. The summed E-state index contributed by atoms with van der Waals surface area (Å²) in [6.45, 7) is 1.32. The van der Waals surface area contributed by atoms with Gasteiger partial charge in [-0.25, -0.2) is 4.79 Å². The first kappa shape index (κ1) is 18.2. The number of aromatic amines is 1. The maximum absolute atomic E-state index is 14.0. The Morgan fingerprint density at radius 2 is 2.14 bits per heavy atom. The molecule has 2 rings (SSSR count). The Morgan fingerprint density at radius 1 is 1.45 bits per heavy atom. The van der Waals surface area contributed by atoms with Crippen LogP contribution in [-0.4, -0.2) is 30.6 Å². The summed E-state index contributed by atoms with van der Waals surface area (Å²) in [6, 6.07) is 3.16. The van der Waals surface area contributed by atoms with Gasteiger partial charge in [0.25, 0.3) is 0 Å². The second-order valence-electron chi connectivity index (χ2n) is 4.48. The number of alkyl halides is 2. The zero-order chi connectivity index (χ0) is 15.6. The molecule has 0 radical (unpaired) electrons. The van der Waals surface area contributed by atoms with E-state index in [1.54, 1.807) is 18.2 Å². The molecule has 0 aliphatic rings. The van der Waals surface area contributed by atoms with Crippen LogP contribution in [0.15, 0.2) is 24.4 Å². The molecule has 1 aromatic heterocycles. The second kappa shape index (κ2) is 6.93. The Labute approximate surface area is 132 Å². The lowest BCUT2D eigenvalue weighted by atomic mass is 10.0. The van der Waals surface area contributed by atoms with Gasteiger partial charge in [0.05, 0.1) is 13.7 Å². The Bertz CT molecular complexity index is 661. The van der Waals surface area contributed by atoms with Crippen LogP contribution < -0.4 is 10.5 Å². The van der Waals surface area contributed by atoms with Crippen LogP contribution in [0.25, 0.3) is 10.9 Å². The van der Waals surface area contributed by atoms with Crippen LogP contribution in [0, 0.1) is 0 Å². The molecule has 0 aliphatic heterocycles. The Balaban J connectivity index is 0.00000242. The third-order valence-electron chi connectivity index (χ3n) is 3.19. The summed E-state index contributed by atoms with van der Waals surface area (Å²) in [7, 11) is 1.47. The number of carbonyl (C=O) groups is 1. The van der Waals surface area contributed by atoms with Crippen LogP contribution in [0.2, 0.25) is 0 Å². The largest absolute Gasteiger partial charge is 0.497 e.